The first kappa shape index (κ1) is 22.5. The molecule has 0 spiro atoms. The molecular weight excluding hydrogens is 436 g/mol. The summed E-state index contributed by atoms with van der Waals surface area (Å²) in [4.78, 5) is 12.2. The summed E-state index contributed by atoms with van der Waals surface area (Å²) in [6.07, 6.45) is 7.53. The summed E-state index contributed by atoms with van der Waals surface area (Å²) < 4.78 is 0. The van der Waals surface area contributed by atoms with Gasteiger partial charge in [-0.1, -0.05) is 48.6 Å². The number of nitrogens with zero attached hydrogens (tertiary/aromatic N) is 2. The van der Waals surface area contributed by atoms with E-state index in [9.17, 15) is 0 Å². The molecule has 0 fully saturated rings. The normalized spacial score (nSPS) is 12.0. The molecule has 2 N–H and O–H groups in total. The molecule has 0 saturated carbocycles. The lowest BCUT2D eigenvalue weighted by Gasteiger charge is -2.14. The van der Waals surface area contributed by atoms with Gasteiger partial charge in [-0.3, -0.25) is 0 Å². The van der Waals surface area contributed by atoms with Crippen LogP contribution < -0.4 is 5.32 Å². The highest BCUT2D eigenvalue weighted by Crippen LogP contribution is 2.35. The van der Waals surface area contributed by atoms with Gasteiger partial charge in [0.1, 0.15) is 0 Å². The minimum atomic E-state index is 0.906. The van der Waals surface area contributed by atoms with Crippen molar-refractivity contribution in [1.29, 1.82) is 0 Å². The van der Waals surface area contributed by atoms with Crippen LogP contribution >= 0.6 is 11.8 Å². The van der Waals surface area contributed by atoms with Gasteiger partial charge in [-0.25, -0.2) is 4.98 Å². The molecule has 0 amide bonds. The Morgan fingerprint density at radius 3 is 2.50 bits per heavy atom. The van der Waals surface area contributed by atoms with Gasteiger partial charge < -0.3 is 15.2 Å². The van der Waals surface area contributed by atoms with Gasteiger partial charge in [0.25, 0.3) is 0 Å². The number of rotatable bonds is 8. The SMILES string of the molecule is CSc1ccc(/C=C/c2ccc3nc4c([nH]c5ccccc54)c(NCCCN(C)C)c3c2)cc1. The van der Waals surface area contributed by atoms with Crippen LogP contribution in [0, 0.1) is 0 Å². The number of H-pyrrole nitrogens is 1. The molecule has 5 heteroatoms. The van der Waals surface area contributed by atoms with Crippen LogP contribution in [0.25, 0.3) is 45.0 Å². The molecule has 0 atom stereocenters. The second kappa shape index (κ2) is 9.92. The van der Waals surface area contributed by atoms with E-state index in [-0.39, 0.29) is 0 Å². The van der Waals surface area contributed by atoms with E-state index in [0.717, 1.165) is 63.6 Å². The van der Waals surface area contributed by atoms with Gasteiger partial charge in [0, 0.05) is 27.7 Å². The number of pyridine rings is 1. The third-order valence-electron chi connectivity index (χ3n) is 6.12. The van der Waals surface area contributed by atoms with Crippen molar-refractivity contribution in [3.05, 3.63) is 77.9 Å². The average Bonchev–Trinajstić information content (AvgIpc) is 3.23. The fourth-order valence-corrected chi connectivity index (χ4v) is 4.74. The molecule has 5 aromatic rings. The predicted octanol–water partition coefficient (Wildman–Crippen LogP) is 7.13. The molecule has 0 saturated heterocycles. The first-order valence-electron chi connectivity index (χ1n) is 11.7. The zero-order chi connectivity index (χ0) is 23.5. The fraction of sp³-hybridized carbons (Fsp3) is 0.207. The minimum absolute atomic E-state index is 0.906. The van der Waals surface area contributed by atoms with Gasteiger partial charge in [0.2, 0.25) is 0 Å². The van der Waals surface area contributed by atoms with Gasteiger partial charge in [-0.15, -0.1) is 11.8 Å². The Bertz CT molecular complexity index is 1470. The molecule has 2 aromatic heterocycles. The van der Waals surface area contributed by atoms with Crippen molar-refractivity contribution in [2.45, 2.75) is 11.3 Å². The molecule has 0 radical (unpaired) electrons. The van der Waals surface area contributed by atoms with E-state index in [1.54, 1.807) is 11.8 Å². The van der Waals surface area contributed by atoms with E-state index in [0.29, 0.717) is 0 Å². The van der Waals surface area contributed by atoms with Crippen molar-refractivity contribution >= 4 is 62.4 Å². The summed E-state index contributed by atoms with van der Waals surface area (Å²) in [5, 5.41) is 6.04. The topological polar surface area (TPSA) is 44.0 Å². The largest absolute Gasteiger partial charge is 0.383 e. The summed E-state index contributed by atoms with van der Waals surface area (Å²) in [6.45, 7) is 1.96. The maximum absolute atomic E-state index is 5.06. The Kier molecular flexibility index (Phi) is 6.57. The Hall–Kier alpha value is -3.28. The molecule has 2 heterocycles. The van der Waals surface area contributed by atoms with E-state index in [2.05, 4.69) is 114 Å². The summed E-state index contributed by atoms with van der Waals surface area (Å²) in [5.74, 6) is 0. The maximum Gasteiger partial charge on any atom is 0.0986 e. The van der Waals surface area contributed by atoms with Crippen molar-refractivity contribution in [1.82, 2.24) is 14.9 Å². The van der Waals surface area contributed by atoms with Gasteiger partial charge >= 0.3 is 0 Å². The molecule has 34 heavy (non-hydrogen) atoms. The number of benzene rings is 3. The summed E-state index contributed by atoms with van der Waals surface area (Å²) in [5.41, 5.74) is 7.72. The van der Waals surface area contributed by atoms with Gasteiger partial charge in [-0.05, 0) is 74.8 Å². The molecule has 3 aromatic carbocycles. The van der Waals surface area contributed by atoms with Crippen LogP contribution in [-0.4, -0.2) is 48.3 Å². The number of anilines is 1. The molecule has 0 aliphatic carbocycles. The molecule has 0 bridgehead atoms. The zero-order valence-electron chi connectivity index (χ0n) is 19.9. The van der Waals surface area contributed by atoms with Crippen LogP contribution in [0.3, 0.4) is 0 Å². The fourth-order valence-electron chi connectivity index (χ4n) is 4.33. The molecule has 4 nitrogen and oxygen atoms in total. The van der Waals surface area contributed by atoms with E-state index >= 15 is 0 Å². The second-order valence-electron chi connectivity index (χ2n) is 8.85. The number of hydrogen-bond donors (Lipinski definition) is 2. The zero-order valence-corrected chi connectivity index (χ0v) is 20.7. The number of thioether (sulfide) groups is 1. The molecule has 0 aliphatic heterocycles. The number of para-hydroxylation sites is 1. The lowest BCUT2D eigenvalue weighted by Crippen LogP contribution is -2.16. The molecule has 0 aliphatic rings. The summed E-state index contributed by atoms with van der Waals surface area (Å²) >= 11 is 1.76. The van der Waals surface area contributed by atoms with Crippen LogP contribution in [0.15, 0.2) is 71.6 Å². The van der Waals surface area contributed by atoms with Crippen molar-refractivity contribution in [2.75, 3.05) is 38.8 Å². The number of fused-ring (bicyclic) bond motifs is 4. The number of aromatic nitrogens is 2. The minimum Gasteiger partial charge on any atom is -0.383 e. The van der Waals surface area contributed by atoms with E-state index in [1.807, 2.05) is 0 Å². The van der Waals surface area contributed by atoms with Crippen LogP contribution in [0.1, 0.15) is 17.5 Å². The third-order valence-corrected chi connectivity index (χ3v) is 6.86. The van der Waals surface area contributed by atoms with Crippen LogP contribution in [-0.2, 0) is 0 Å². The van der Waals surface area contributed by atoms with E-state index < -0.39 is 0 Å². The summed E-state index contributed by atoms with van der Waals surface area (Å²) in [7, 11) is 4.23. The van der Waals surface area contributed by atoms with Gasteiger partial charge in [0.05, 0.1) is 22.2 Å². The second-order valence-corrected chi connectivity index (χ2v) is 9.73. The van der Waals surface area contributed by atoms with Gasteiger partial charge in [-0.2, -0.15) is 0 Å². The van der Waals surface area contributed by atoms with Crippen molar-refractivity contribution in [2.24, 2.45) is 0 Å². The predicted molar refractivity (Wildman–Crippen MR) is 150 cm³/mol. The Morgan fingerprint density at radius 1 is 0.941 bits per heavy atom. The van der Waals surface area contributed by atoms with Crippen molar-refractivity contribution < 1.29 is 0 Å². The first-order valence-corrected chi connectivity index (χ1v) is 12.9. The lowest BCUT2D eigenvalue weighted by atomic mass is 10.1. The molecule has 5 rings (SSSR count). The third kappa shape index (κ3) is 4.67. The maximum atomic E-state index is 5.06. The number of hydrogen-bond acceptors (Lipinski definition) is 4. The first-order chi connectivity index (χ1) is 16.6. The number of aromatic amines is 1. The van der Waals surface area contributed by atoms with Crippen LogP contribution in [0.5, 0.6) is 0 Å². The lowest BCUT2D eigenvalue weighted by molar-refractivity contribution is 0.405. The van der Waals surface area contributed by atoms with E-state index in [1.165, 1.54) is 10.5 Å². The highest BCUT2D eigenvalue weighted by molar-refractivity contribution is 7.98. The Morgan fingerprint density at radius 2 is 1.71 bits per heavy atom. The highest BCUT2D eigenvalue weighted by atomic mass is 32.2. The highest BCUT2D eigenvalue weighted by Gasteiger charge is 2.14. The summed E-state index contributed by atoms with van der Waals surface area (Å²) in [6, 6.07) is 23.6. The molecular formula is C29H30N4S. The number of nitrogens with one attached hydrogen (secondary N) is 2. The van der Waals surface area contributed by atoms with Crippen LogP contribution in [0.2, 0.25) is 0 Å². The Balaban J connectivity index is 1.56. The van der Waals surface area contributed by atoms with Crippen molar-refractivity contribution in [3.63, 3.8) is 0 Å². The Labute approximate surface area is 205 Å². The smallest absolute Gasteiger partial charge is 0.0986 e. The average molecular weight is 467 g/mol. The van der Waals surface area contributed by atoms with Crippen LogP contribution in [0.4, 0.5) is 5.69 Å². The quantitative estimate of drug-likeness (QED) is 0.145. The standard InChI is InChI=1S/C29H30N4S/c1-33(2)18-6-17-30-27-24-19-21(10-9-20-11-14-22(34-3)15-12-20)13-16-26(24)31-28-23-7-4-5-8-25(23)32-29(27)28/h4-5,7-16,19,32H,6,17-18H2,1-3H3,(H,30,31)/b10-9+. The monoisotopic (exact) mass is 466 g/mol. The van der Waals surface area contributed by atoms with E-state index in [4.69, 9.17) is 4.98 Å². The molecule has 0 unspecified atom stereocenters. The van der Waals surface area contributed by atoms with Gasteiger partial charge in [0.15, 0.2) is 0 Å². The molecule has 172 valence electrons. The van der Waals surface area contributed by atoms with Crippen molar-refractivity contribution in [3.8, 4) is 0 Å².